The van der Waals surface area contributed by atoms with Gasteiger partial charge in [-0.05, 0) is 48.4 Å². The van der Waals surface area contributed by atoms with E-state index in [9.17, 15) is 9.59 Å². The van der Waals surface area contributed by atoms with Gasteiger partial charge in [0.15, 0.2) is 6.73 Å². The van der Waals surface area contributed by atoms with Crippen LogP contribution in [0.5, 0.6) is 5.75 Å². The van der Waals surface area contributed by atoms with Gasteiger partial charge in [-0.3, -0.25) is 4.79 Å². The molecule has 138 valence electrons. The van der Waals surface area contributed by atoms with Gasteiger partial charge in [-0.15, -0.1) is 0 Å². The minimum atomic E-state index is -0.343. The van der Waals surface area contributed by atoms with Gasteiger partial charge in [0, 0.05) is 29.8 Å². The lowest BCUT2D eigenvalue weighted by molar-refractivity contribution is -0.114. The maximum Gasteiger partial charge on any atom is 0.336 e. The number of rotatable bonds is 3. The van der Waals surface area contributed by atoms with Gasteiger partial charge in [0.2, 0.25) is 5.91 Å². The zero-order chi connectivity index (χ0) is 19.0. The second-order valence-electron chi connectivity index (χ2n) is 6.56. The van der Waals surface area contributed by atoms with E-state index >= 15 is 0 Å². The Morgan fingerprint density at radius 1 is 1.19 bits per heavy atom. The molecule has 0 atom stereocenters. The lowest BCUT2D eigenvalue weighted by atomic mass is 10.0. The van der Waals surface area contributed by atoms with Crippen LogP contribution in [0.4, 0.5) is 11.4 Å². The Morgan fingerprint density at radius 3 is 2.67 bits per heavy atom. The van der Waals surface area contributed by atoms with Crippen LogP contribution in [0.15, 0.2) is 51.7 Å². The SMILES string of the molecule is CCc1cc(=O)oc2c3c(ccc12)OCN(c1ccc(NC(C)=O)cc1)C3. The molecule has 6 heteroatoms. The molecule has 4 rings (SSSR count). The highest BCUT2D eigenvalue weighted by Crippen LogP contribution is 2.35. The molecule has 0 saturated heterocycles. The Bertz CT molecular complexity index is 1070. The third kappa shape index (κ3) is 3.26. The monoisotopic (exact) mass is 364 g/mol. The zero-order valence-corrected chi connectivity index (χ0v) is 15.2. The molecule has 0 unspecified atom stereocenters. The van der Waals surface area contributed by atoms with Crippen molar-refractivity contribution in [2.45, 2.75) is 26.8 Å². The van der Waals surface area contributed by atoms with Crippen molar-refractivity contribution in [2.75, 3.05) is 16.9 Å². The van der Waals surface area contributed by atoms with Crippen LogP contribution in [0.1, 0.15) is 25.0 Å². The summed E-state index contributed by atoms with van der Waals surface area (Å²) in [6.45, 7) is 4.47. The van der Waals surface area contributed by atoms with Crippen LogP contribution < -0.4 is 20.6 Å². The van der Waals surface area contributed by atoms with Gasteiger partial charge in [0.25, 0.3) is 0 Å². The van der Waals surface area contributed by atoms with Crippen LogP contribution >= 0.6 is 0 Å². The summed E-state index contributed by atoms with van der Waals surface area (Å²) < 4.78 is 11.4. The molecule has 1 aromatic heterocycles. The normalized spacial score (nSPS) is 13.2. The predicted molar refractivity (Wildman–Crippen MR) is 104 cm³/mol. The summed E-state index contributed by atoms with van der Waals surface area (Å²) in [4.78, 5) is 25.2. The number of hydrogen-bond donors (Lipinski definition) is 1. The minimum absolute atomic E-state index is 0.105. The third-order valence-electron chi connectivity index (χ3n) is 4.72. The molecule has 1 N–H and O–H groups in total. The van der Waals surface area contributed by atoms with Crippen LogP contribution in [-0.4, -0.2) is 12.6 Å². The highest BCUT2D eigenvalue weighted by molar-refractivity contribution is 5.89. The highest BCUT2D eigenvalue weighted by Gasteiger charge is 2.22. The van der Waals surface area contributed by atoms with Gasteiger partial charge in [0.05, 0.1) is 12.1 Å². The minimum Gasteiger partial charge on any atom is -0.473 e. The van der Waals surface area contributed by atoms with E-state index in [1.165, 1.54) is 6.92 Å². The maximum absolute atomic E-state index is 12.0. The summed E-state index contributed by atoms with van der Waals surface area (Å²) in [5.41, 5.74) is 3.80. The molecule has 2 aromatic carbocycles. The van der Waals surface area contributed by atoms with Gasteiger partial charge in [0.1, 0.15) is 11.3 Å². The summed E-state index contributed by atoms with van der Waals surface area (Å²) in [5.74, 6) is 0.635. The van der Waals surface area contributed by atoms with Crippen LogP contribution in [0, 0.1) is 0 Å². The first-order valence-corrected chi connectivity index (χ1v) is 8.89. The Labute approximate surface area is 156 Å². The Morgan fingerprint density at radius 2 is 1.96 bits per heavy atom. The molecular formula is C21H20N2O4. The summed E-state index contributed by atoms with van der Waals surface area (Å²) in [6.07, 6.45) is 0.760. The molecule has 0 saturated carbocycles. The number of benzene rings is 2. The number of ether oxygens (including phenoxy) is 1. The molecule has 0 fully saturated rings. The van der Waals surface area contributed by atoms with E-state index in [-0.39, 0.29) is 11.5 Å². The maximum atomic E-state index is 12.0. The van der Waals surface area contributed by atoms with Crippen molar-refractivity contribution in [1.82, 2.24) is 0 Å². The van der Waals surface area contributed by atoms with Gasteiger partial charge in [-0.25, -0.2) is 4.79 Å². The van der Waals surface area contributed by atoms with Gasteiger partial charge < -0.3 is 19.4 Å². The number of fused-ring (bicyclic) bond motifs is 3. The molecule has 0 bridgehead atoms. The molecular weight excluding hydrogens is 344 g/mol. The first-order chi connectivity index (χ1) is 13.0. The van der Waals surface area contributed by atoms with Crippen molar-refractivity contribution < 1.29 is 13.9 Å². The van der Waals surface area contributed by atoms with Gasteiger partial charge >= 0.3 is 5.63 Å². The average Bonchev–Trinajstić information content (AvgIpc) is 2.67. The Kier molecular flexibility index (Phi) is 4.32. The molecule has 0 spiro atoms. The smallest absolute Gasteiger partial charge is 0.336 e. The van der Waals surface area contributed by atoms with E-state index in [2.05, 4.69) is 10.2 Å². The molecule has 1 aliphatic rings. The van der Waals surface area contributed by atoms with Crippen molar-refractivity contribution in [1.29, 1.82) is 0 Å². The number of anilines is 2. The molecule has 3 aromatic rings. The third-order valence-corrected chi connectivity index (χ3v) is 4.72. The lowest BCUT2D eigenvalue weighted by Crippen LogP contribution is -2.32. The van der Waals surface area contributed by atoms with E-state index in [1.54, 1.807) is 6.07 Å². The second kappa shape index (κ2) is 6.79. The number of carbonyl (C=O) groups excluding carboxylic acids is 1. The molecule has 1 aliphatic heterocycles. The lowest BCUT2D eigenvalue weighted by Gasteiger charge is -2.31. The van der Waals surface area contributed by atoms with Crippen LogP contribution in [0.25, 0.3) is 11.0 Å². The molecule has 2 heterocycles. The predicted octanol–water partition coefficient (Wildman–Crippen LogP) is 3.67. The van der Waals surface area contributed by atoms with Crippen molar-refractivity contribution in [3.05, 3.63) is 64.0 Å². The van der Waals surface area contributed by atoms with Crippen LogP contribution in [0.2, 0.25) is 0 Å². The molecule has 27 heavy (non-hydrogen) atoms. The molecule has 0 radical (unpaired) electrons. The number of hydrogen-bond acceptors (Lipinski definition) is 5. The standard InChI is InChI=1S/C21H20N2O4/c1-3-14-10-20(25)27-21-17(14)8-9-19-18(21)11-23(12-26-19)16-6-4-15(5-7-16)22-13(2)24/h4-10H,3,11-12H2,1-2H3,(H,22,24). The number of amides is 1. The summed E-state index contributed by atoms with van der Waals surface area (Å²) in [6, 6.07) is 13.0. The Balaban J connectivity index is 1.70. The average molecular weight is 364 g/mol. The molecule has 0 aliphatic carbocycles. The van der Waals surface area contributed by atoms with E-state index < -0.39 is 0 Å². The molecule has 1 amide bonds. The number of nitrogens with one attached hydrogen (secondary N) is 1. The fourth-order valence-corrected chi connectivity index (χ4v) is 3.42. The fourth-order valence-electron chi connectivity index (χ4n) is 3.42. The first-order valence-electron chi connectivity index (χ1n) is 8.89. The number of carbonyl (C=O) groups is 1. The zero-order valence-electron chi connectivity index (χ0n) is 15.2. The van der Waals surface area contributed by atoms with E-state index in [0.717, 1.165) is 40.1 Å². The summed E-state index contributed by atoms with van der Waals surface area (Å²) >= 11 is 0. The van der Waals surface area contributed by atoms with E-state index in [1.807, 2.05) is 43.3 Å². The van der Waals surface area contributed by atoms with Crippen molar-refractivity contribution in [2.24, 2.45) is 0 Å². The summed E-state index contributed by atoms with van der Waals surface area (Å²) in [7, 11) is 0. The quantitative estimate of drug-likeness (QED) is 0.718. The topological polar surface area (TPSA) is 71.8 Å². The van der Waals surface area contributed by atoms with E-state index in [4.69, 9.17) is 9.15 Å². The fraction of sp³-hybridized carbons (Fsp3) is 0.238. The van der Waals surface area contributed by atoms with Crippen molar-refractivity contribution in [3.8, 4) is 5.75 Å². The number of nitrogens with zero attached hydrogens (tertiary/aromatic N) is 1. The highest BCUT2D eigenvalue weighted by atomic mass is 16.5. The summed E-state index contributed by atoms with van der Waals surface area (Å²) in [5, 5.41) is 3.70. The van der Waals surface area contributed by atoms with Gasteiger partial charge in [-0.2, -0.15) is 0 Å². The first kappa shape index (κ1) is 17.1. The van der Waals surface area contributed by atoms with Crippen LogP contribution in [-0.2, 0) is 17.8 Å². The largest absolute Gasteiger partial charge is 0.473 e. The van der Waals surface area contributed by atoms with Gasteiger partial charge in [-0.1, -0.05) is 6.92 Å². The second-order valence-corrected chi connectivity index (χ2v) is 6.56. The van der Waals surface area contributed by atoms with Crippen molar-refractivity contribution in [3.63, 3.8) is 0 Å². The number of aryl methyl sites for hydroxylation is 1. The van der Waals surface area contributed by atoms with E-state index in [0.29, 0.717) is 18.9 Å². The van der Waals surface area contributed by atoms with Crippen molar-refractivity contribution >= 4 is 28.3 Å². The molecule has 6 nitrogen and oxygen atoms in total. The van der Waals surface area contributed by atoms with Crippen LogP contribution in [0.3, 0.4) is 0 Å². The Hall–Kier alpha value is -3.28.